The monoisotopic (exact) mass is 158 g/mol. The van der Waals surface area contributed by atoms with Crippen LogP contribution in [0.4, 0.5) is 0 Å². The van der Waals surface area contributed by atoms with Crippen molar-refractivity contribution in [2.75, 3.05) is 0 Å². The average Bonchev–Trinajstić information content (AvgIpc) is 1.97. The fourth-order valence-electron chi connectivity index (χ4n) is 1.27. The van der Waals surface area contributed by atoms with E-state index in [9.17, 15) is 9.90 Å². The van der Waals surface area contributed by atoms with E-state index in [0.717, 1.165) is 0 Å². The van der Waals surface area contributed by atoms with Crippen molar-refractivity contribution in [2.45, 2.75) is 33.0 Å². The van der Waals surface area contributed by atoms with E-state index in [1.165, 1.54) is 0 Å². The van der Waals surface area contributed by atoms with Gasteiger partial charge in [-0.3, -0.25) is 4.79 Å². The Labute approximate surface area is 66.4 Å². The molecule has 0 aromatic rings. The van der Waals surface area contributed by atoms with Crippen LogP contribution in [0.3, 0.4) is 0 Å². The Morgan fingerprint density at radius 3 is 2.45 bits per heavy atom. The van der Waals surface area contributed by atoms with Gasteiger partial charge in [-0.05, 0) is 13.8 Å². The van der Waals surface area contributed by atoms with Crippen LogP contribution in [-0.2, 0) is 9.53 Å². The second-order valence-electron chi connectivity index (χ2n) is 3.28. The number of carbonyl (C=O) groups is 1. The zero-order valence-corrected chi connectivity index (χ0v) is 7.07. The molecule has 1 saturated heterocycles. The second kappa shape index (κ2) is 2.81. The minimum absolute atomic E-state index is 0.0442. The van der Waals surface area contributed by atoms with Crippen molar-refractivity contribution in [3.8, 4) is 0 Å². The molecule has 1 aliphatic rings. The molecule has 0 saturated carbocycles. The fraction of sp³-hybridized carbons (Fsp3) is 0.875. The molecule has 4 atom stereocenters. The highest BCUT2D eigenvalue weighted by atomic mass is 16.5. The van der Waals surface area contributed by atoms with Crippen LogP contribution in [0, 0.1) is 11.8 Å². The third-order valence-corrected chi connectivity index (χ3v) is 2.47. The number of ether oxygens (including phenoxy) is 1. The molecular formula is C8H14O3. The van der Waals surface area contributed by atoms with Crippen molar-refractivity contribution in [3.63, 3.8) is 0 Å². The largest absolute Gasteiger partial charge is 0.462 e. The van der Waals surface area contributed by atoms with Crippen LogP contribution in [-0.4, -0.2) is 23.3 Å². The molecule has 0 aliphatic carbocycles. The van der Waals surface area contributed by atoms with Crippen LogP contribution in [0.2, 0.25) is 0 Å². The van der Waals surface area contributed by atoms with Gasteiger partial charge in [0.2, 0.25) is 0 Å². The van der Waals surface area contributed by atoms with Gasteiger partial charge in [-0.25, -0.2) is 0 Å². The number of rotatable bonds is 0. The maximum Gasteiger partial charge on any atom is 0.311 e. The lowest BCUT2D eigenvalue weighted by atomic mass is 9.87. The molecule has 0 aromatic heterocycles. The van der Waals surface area contributed by atoms with Gasteiger partial charge in [0.25, 0.3) is 0 Å². The van der Waals surface area contributed by atoms with Gasteiger partial charge in [-0.15, -0.1) is 0 Å². The third kappa shape index (κ3) is 1.38. The zero-order valence-electron chi connectivity index (χ0n) is 7.07. The van der Waals surface area contributed by atoms with E-state index in [-0.39, 0.29) is 23.9 Å². The average molecular weight is 158 g/mol. The summed E-state index contributed by atoms with van der Waals surface area (Å²) >= 11 is 0. The molecule has 0 amide bonds. The Bertz CT molecular complexity index is 167. The van der Waals surface area contributed by atoms with E-state index in [4.69, 9.17) is 4.74 Å². The molecule has 1 heterocycles. The van der Waals surface area contributed by atoms with E-state index >= 15 is 0 Å². The molecule has 1 N–H and O–H groups in total. The summed E-state index contributed by atoms with van der Waals surface area (Å²) in [6.07, 6.45) is -0.708. The Morgan fingerprint density at radius 2 is 1.91 bits per heavy atom. The molecule has 1 aliphatic heterocycles. The molecule has 64 valence electrons. The maximum atomic E-state index is 11.0. The van der Waals surface area contributed by atoms with Crippen LogP contribution < -0.4 is 0 Å². The number of aliphatic hydroxyl groups is 1. The highest BCUT2D eigenvalue weighted by molar-refractivity contribution is 5.73. The Kier molecular flexibility index (Phi) is 2.18. The van der Waals surface area contributed by atoms with Crippen molar-refractivity contribution in [3.05, 3.63) is 0 Å². The number of hydrogen-bond donors (Lipinski definition) is 1. The topological polar surface area (TPSA) is 46.5 Å². The summed E-state index contributed by atoms with van der Waals surface area (Å²) in [5, 5.41) is 9.49. The summed E-state index contributed by atoms with van der Waals surface area (Å²) in [6.45, 7) is 5.38. The van der Waals surface area contributed by atoms with E-state index in [2.05, 4.69) is 0 Å². The SMILES string of the molecule is CC1OC(=O)C(C)[C@@H](O)[C@@H]1C. The molecule has 2 unspecified atom stereocenters. The highest BCUT2D eigenvalue weighted by Gasteiger charge is 2.37. The van der Waals surface area contributed by atoms with Gasteiger partial charge in [-0.1, -0.05) is 6.92 Å². The summed E-state index contributed by atoms with van der Waals surface area (Å²) in [5.41, 5.74) is 0. The number of esters is 1. The molecule has 3 nitrogen and oxygen atoms in total. The standard InChI is InChI=1S/C8H14O3/c1-4-6(3)11-8(10)5(2)7(4)9/h4-7,9H,1-3H3/t4-,5?,6?,7+/m1/s1. The van der Waals surface area contributed by atoms with E-state index in [1.54, 1.807) is 13.8 Å². The Morgan fingerprint density at radius 1 is 1.36 bits per heavy atom. The first-order valence-electron chi connectivity index (χ1n) is 3.92. The predicted molar refractivity (Wildman–Crippen MR) is 39.9 cm³/mol. The van der Waals surface area contributed by atoms with Gasteiger partial charge in [-0.2, -0.15) is 0 Å². The van der Waals surface area contributed by atoms with E-state index in [1.807, 2.05) is 6.92 Å². The molecule has 1 fully saturated rings. The van der Waals surface area contributed by atoms with Crippen molar-refractivity contribution < 1.29 is 14.6 Å². The number of cyclic esters (lactones) is 1. The fourth-order valence-corrected chi connectivity index (χ4v) is 1.27. The summed E-state index contributed by atoms with van der Waals surface area (Å²) in [6, 6.07) is 0. The molecule has 0 radical (unpaired) electrons. The zero-order chi connectivity index (χ0) is 8.59. The molecule has 0 bridgehead atoms. The van der Waals surface area contributed by atoms with Crippen LogP contribution in [0.15, 0.2) is 0 Å². The summed E-state index contributed by atoms with van der Waals surface area (Å²) in [5.74, 6) is -0.619. The normalized spacial score (nSPS) is 45.3. The van der Waals surface area contributed by atoms with Crippen LogP contribution in [0.5, 0.6) is 0 Å². The van der Waals surface area contributed by atoms with Gasteiger partial charge < -0.3 is 9.84 Å². The minimum Gasteiger partial charge on any atom is -0.462 e. The van der Waals surface area contributed by atoms with Gasteiger partial charge in [0.15, 0.2) is 0 Å². The van der Waals surface area contributed by atoms with Crippen LogP contribution >= 0.6 is 0 Å². The lowest BCUT2D eigenvalue weighted by molar-refractivity contribution is -0.175. The first kappa shape index (κ1) is 8.53. The third-order valence-electron chi connectivity index (χ3n) is 2.47. The first-order chi connectivity index (χ1) is 5.04. The predicted octanol–water partition coefficient (Wildman–Crippen LogP) is 0.565. The summed E-state index contributed by atoms with van der Waals surface area (Å²) in [4.78, 5) is 11.0. The maximum absolute atomic E-state index is 11.0. The van der Waals surface area contributed by atoms with Gasteiger partial charge in [0.05, 0.1) is 12.0 Å². The highest BCUT2D eigenvalue weighted by Crippen LogP contribution is 2.25. The van der Waals surface area contributed by atoms with Crippen molar-refractivity contribution in [1.82, 2.24) is 0 Å². The molecule has 1 rings (SSSR count). The van der Waals surface area contributed by atoms with Crippen LogP contribution in [0.25, 0.3) is 0 Å². The molecule has 11 heavy (non-hydrogen) atoms. The van der Waals surface area contributed by atoms with Gasteiger partial charge in [0.1, 0.15) is 6.10 Å². The number of carbonyl (C=O) groups excluding carboxylic acids is 1. The molecule has 0 spiro atoms. The molecule has 3 heteroatoms. The van der Waals surface area contributed by atoms with E-state index < -0.39 is 6.10 Å². The van der Waals surface area contributed by atoms with E-state index in [0.29, 0.717) is 0 Å². The lowest BCUT2D eigenvalue weighted by Gasteiger charge is -2.34. The van der Waals surface area contributed by atoms with Crippen LogP contribution in [0.1, 0.15) is 20.8 Å². The smallest absolute Gasteiger partial charge is 0.311 e. The Hall–Kier alpha value is -0.570. The van der Waals surface area contributed by atoms with Gasteiger partial charge in [0, 0.05) is 5.92 Å². The number of aliphatic hydroxyl groups excluding tert-OH is 1. The van der Waals surface area contributed by atoms with Crippen molar-refractivity contribution in [1.29, 1.82) is 0 Å². The quantitative estimate of drug-likeness (QED) is 0.524. The lowest BCUT2D eigenvalue weighted by Crippen LogP contribution is -2.45. The second-order valence-corrected chi connectivity index (χ2v) is 3.28. The Balaban J connectivity index is 2.70. The van der Waals surface area contributed by atoms with Crippen molar-refractivity contribution >= 4 is 5.97 Å². The van der Waals surface area contributed by atoms with Crippen molar-refractivity contribution in [2.24, 2.45) is 11.8 Å². The molecular weight excluding hydrogens is 144 g/mol. The summed E-state index contributed by atoms with van der Waals surface area (Å²) < 4.78 is 4.98. The number of hydrogen-bond acceptors (Lipinski definition) is 3. The van der Waals surface area contributed by atoms with Gasteiger partial charge >= 0.3 is 5.97 Å². The molecule has 0 aromatic carbocycles. The minimum atomic E-state index is -0.550. The first-order valence-corrected chi connectivity index (χ1v) is 3.92. The summed E-state index contributed by atoms with van der Waals surface area (Å²) in [7, 11) is 0.